The number of sulfone groups is 1. The minimum atomic E-state index is -3.28. The fraction of sp³-hybridized carbons (Fsp3) is 0.278. The molecule has 1 heterocycles. The van der Waals surface area contributed by atoms with Gasteiger partial charge in [0.2, 0.25) is 0 Å². The number of carbonyl (C=O) groups is 1. The summed E-state index contributed by atoms with van der Waals surface area (Å²) in [6, 6.07) is 11.8. The molecule has 2 aromatic rings. The van der Waals surface area contributed by atoms with Crippen molar-refractivity contribution in [2.75, 3.05) is 24.4 Å². The Kier molecular flexibility index (Phi) is 4.67. The van der Waals surface area contributed by atoms with Gasteiger partial charge in [0.1, 0.15) is 0 Å². The van der Waals surface area contributed by atoms with Crippen LogP contribution in [-0.2, 0) is 21.2 Å². The molecule has 1 amide bonds. The van der Waals surface area contributed by atoms with Crippen LogP contribution in [0.25, 0.3) is 0 Å². The van der Waals surface area contributed by atoms with Crippen molar-refractivity contribution in [3.05, 3.63) is 48.0 Å². The van der Waals surface area contributed by atoms with Gasteiger partial charge in [-0.1, -0.05) is 12.1 Å². The predicted octanol–water partition coefficient (Wildman–Crippen LogP) is 2.41. The number of ether oxygens (including phenoxy) is 2. The minimum absolute atomic E-state index is 0.106. The Labute approximate surface area is 146 Å². The molecular weight excluding hydrogens is 342 g/mol. The summed E-state index contributed by atoms with van der Waals surface area (Å²) in [5, 5.41) is 0. The molecule has 0 aromatic heterocycles. The van der Waals surface area contributed by atoms with Crippen molar-refractivity contribution >= 4 is 21.4 Å². The van der Waals surface area contributed by atoms with E-state index in [1.807, 2.05) is 25.1 Å². The molecule has 3 rings (SSSR count). The first-order valence-corrected chi connectivity index (χ1v) is 9.77. The Morgan fingerprint density at radius 1 is 1.16 bits per heavy atom. The third-order valence-electron chi connectivity index (χ3n) is 3.91. The third-order valence-corrected chi connectivity index (χ3v) is 5.03. The molecule has 0 fully saturated rings. The lowest BCUT2D eigenvalue weighted by Gasteiger charge is -2.20. The molecule has 0 bridgehead atoms. The van der Waals surface area contributed by atoms with E-state index in [4.69, 9.17) is 9.47 Å². The second-order valence-corrected chi connectivity index (χ2v) is 7.73. The zero-order valence-electron chi connectivity index (χ0n) is 14.1. The highest BCUT2D eigenvalue weighted by molar-refractivity contribution is 7.90. The quantitative estimate of drug-likeness (QED) is 0.836. The van der Waals surface area contributed by atoms with Gasteiger partial charge in [0.05, 0.1) is 18.0 Å². The fourth-order valence-corrected chi connectivity index (χ4v) is 3.33. The first kappa shape index (κ1) is 17.3. The molecule has 7 heteroatoms. The van der Waals surface area contributed by atoms with Gasteiger partial charge in [0, 0.05) is 17.5 Å². The average Bonchev–Trinajstić information content (AvgIpc) is 2.75. The number of fused-ring (bicyclic) bond motifs is 1. The lowest BCUT2D eigenvalue weighted by molar-refractivity contribution is -0.120. The number of carbonyl (C=O) groups excluding carboxylic acids is 1. The summed E-state index contributed by atoms with van der Waals surface area (Å²) in [4.78, 5) is 14.3. The molecule has 0 spiro atoms. The van der Waals surface area contributed by atoms with Gasteiger partial charge in [-0.2, -0.15) is 0 Å². The maximum Gasteiger partial charge on any atom is 0.265 e. The molecule has 0 radical (unpaired) electrons. The molecule has 0 N–H and O–H groups in total. The van der Waals surface area contributed by atoms with E-state index in [0.29, 0.717) is 30.3 Å². The van der Waals surface area contributed by atoms with Gasteiger partial charge in [-0.3, -0.25) is 4.79 Å². The Hall–Kier alpha value is -2.54. The molecular formula is C18H19NO5S. The highest BCUT2D eigenvalue weighted by atomic mass is 32.2. The van der Waals surface area contributed by atoms with Gasteiger partial charge < -0.3 is 14.4 Å². The molecule has 1 aliphatic heterocycles. The summed E-state index contributed by atoms with van der Waals surface area (Å²) in [6.07, 6.45) is 1.15. The van der Waals surface area contributed by atoms with Gasteiger partial charge in [0.15, 0.2) is 27.9 Å². The Morgan fingerprint density at radius 2 is 1.88 bits per heavy atom. The summed E-state index contributed by atoms with van der Waals surface area (Å²) in [5.41, 5.74) is 1.46. The maximum absolute atomic E-state index is 12.5. The molecule has 25 heavy (non-hydrogen) atoms. The average molecular weight is 361 g/mol. The molecule has 1 aliphatic rings. The van der Waals surface area contributed by atoms with Crippen LogP contribution in [0, 0.1) is 0 Å². The van der Waals surface area contributed by atoms with E-state index in [2.05, 4.69) is 0 Å². The van der Waals surface area contributed by atoms with Crippen LogP contribution in [0.3, 0.4) is 0 Å². The Bertz CT molecular complexity index is 890. The van der Waals surface area contributed by atoms with Crippen molar-refractivity contribution in [1.82, 2.24) is 0 Å². The smallest absolute Gasteiger partial charge is 0.265 e. The summed E-state index contributed by atoms with van der Waals surface area (Å²) >= 11 is 0. The van der Waals surface area contributed by atoms with Crippen LogP contribution in [0.15, 0.2) is 47.4 Å². The number of amides is 1. The number of hydrogen-bond donors (Lipinski definition) is 0. The second kappa shape index (κ2) is 6.76. The van der Waals surface area contributed by atoms with Crippen LogP contribution >= 0.6 is 0 Å². The largest absolute Gasteiger partial charge is 0.490 e. The SMILES string of the molecule is CCOc1cccc2c1OCC(=O)N(c1ccc(S(C)(=O)=O)cc1)C2. The first-order valence-electron chi connectivity index (χ1n) is 7.88. The van der Waals surface area contributed by atoms with Crippen LogP contribution in [0.5, 0.6) is 11.5 Å². The van der Waals surface area contributed by atoms with Crippen LogP contribution in [0.4, 0.5) is 5.69 Å². The number of anilines is 1. The number of hydrogen-bond acceptors (Lipinski definition) is 5. The van der Waals surface area contributed by atoms with Gasteiger partial charge >= 0.3 is 0 Å². The zero-order valence-corrected chi connectivity index (χ0v) is 14.9. The molecule has 2 aromatic carbocycles. The standard InChI is InChI=1S/C18H19NO5S/c1-3-23-16-6-4-5-13-11-19(17(20)12-24-18(13)16)14-7-9-15(10-8-14)25(2,21)22/h4-10H,3,11-12H2,1-2H3. The molecule has 0 atom stereocenters. The van der Waals surface area contributed by atoms with Crippen LogP contribution in [0.1, 0.15) is 12.5 Å². The number of rotatable bonds is 4. The molecule has 0 saturated carbocycles. The number of para-hydroxylation sites is 1. The minimum Gasteiger partial charge on any atom is -0.490 e. The Balaban J connectivity index is 1.95. The van der Waals surface area contributed by atoms with E-state index in [1.165, 1.54) is 12.1 Å². The van der Waals surface area contributed by atoms with Gasteiger partial charge in [-0.15, -0.1) is 0 Å². The summed E-state index contributed by atoms with van der Waals surface area (Å²) in [5.74, 6) is 0.987. The van der Waals surface area contributed by atoms with Crippen LogP contribution < -0.4 is 14.4 Å². The van der Waals surface area contributed by atoms with Crippen molar-refractivity contribution in [3.63, 3.8) is 0 Å². The van der Waals surface area contributed by atoms with Crippen LogP contribution in [0.2, 0.25) is 0 Å². The fourth-order valence-electron chi connectivity index (χ4n) is 2.70. The second-order valence-electron chi connectivity index (χ2n) is 5.71. The summed E-state index contributed by atoms with van der Waals surface area (Å²) < 4.78 is 34.4. The molecule has 132 valence electrons. The van der Waals surface area contributed by atoms with Crippen molar-refractivity contribution in [2.45, 2.75) is 18.4 Å². The van der Waals surface area contributed by atoms with Gasteiger partial charge in [-0.05, 0) is 37.3 Å². The number of benzene rings is 2. The van der Waals surface area contributed by atoms with E-state index in [9.17, 15) is 13.2 Å². The van der Waals surface area contributed by atoms with Gasteiger partial charge in [-0.25, -0.2) is 8.42 Å². The molecule has 0 aliphatic carbocycles. The van der Waals surface area contributed by atoms with Crippen molar-refractivity contribution in [2.24, 2.45) is 0 Å². The molecule has 0 unspecified atom stereocenters. The van der Waals surface area contributed by atoms with Crippen molar-refractivity contribution in [1.29, 1.82) is 0 Å². The lowest BCUT2D eigenvalue weighted by Crippen LogP contribution is -2.32. The highest BCUT2D eigenvalue weighted by Gasteiger charge is 2.25. The van der Waals surface area contributed by atoms with E-state index >= 15 is 0 Å². The third kappa shape index (κ3) is 3.61. The van der Waals surface area contributed by atoms with E-state index in [0.717, 1.165) is 11.8 Å². The topological polar surface area (TPSA) is 72.9 Å². The lowest BCUT2D eigenvalue weighted by atomic mass is 10.1. The van der Waals surface area contributed by atoms with Crippen molar-refractivity contribution < 1.29 is 22.7 Å². The highest BCUT2D eigenvalue weighted by Crippen LogP contribution is 2.35. The predicted molar refractivity (Wildman–Crippen MR) is 93.8 cm³/mol. The maximum atomic E-state index is 12.5. The van der Waals surface area contributed by atoms with Gasteiger partial charge in [0.25, 0.3) is 5.91 Å². The summed E-state index contributed by atoms with van der Waals surface area (Å²) in [7, 11) is -3.28. The van der Waals surface area contributed by atoms with E-state index in [-0.39, 0.29) is 17.4 Å². The monoisotopic (exact) mass is 361 g/mol. The zero-order chi connectivity index (χ0) is 18.0. The normalized spacial score (nSPS) is 14.5. The molecule has 0 saturated heterocycles. The van der Waals surface area contributed by atoms with E-state index in [1.54, 1.807) is 17.0 Å². The van der Waals surface area contributed by atoms with Crippen molar-refractivity contribution in [3.8, 4) is 11.5 Å². The first-order chi connectivity index (χ1) is 11.9. The van der Waals surface area contributed by atoms with Crippen LogP contribution in [-0.4, -0.2) is 33.8 Å². The number of nitrogens with zero attached hydrogens (tertiary/aromatic N) is 1. The summed E-state index contributed by atoms with van der Waals surface area (Å²) in [6.45, 7) is 2.61. The van der Waals surface area contributed by atoms with E-state index < -0.39 is 9.84 Å². The Morgan fingerprint density at radius 3 is 2.52 bits per heavy atom. The molecule has 6 nitrogen and oxygen atoms in total.